The summed E-state index contributed by atoms with van der Waals surface area (Å²) in [5, 5.41) is 7.36. The summed E-state index contributed by atoms with van der Waals surface area (Å²) in [7, 11) is 0. The van der Waals surface area contributed by atoms with Gasteiger partial charge in [0.05, 0.1) is 35.3 Å². The molecule has 1 atom stereocenters. The maximum absolute atomic E-state index is 13.5. The van der Waals surface area contributed by atoms with Crippen molar-refractivity contribution >= 4 is 16.9 Å². The Morgan fingerprint density at radius 3 is 2.86 bits per heavy atom. The molecule has 2 aromatic carbocycles. The molecule has 142 valence electrons. The van der Waals surface area contributed by atoms with E-state index in [2.05, 4.69) is 15.4 Å². The van der Waals surface area contributed by atoms with Gasteiger partial charge in [-0.05, 0) is 44.2 Å². The summed E-state index contributed by atoms with van der Waals surface area (Å²) in [6, 6.07) is 13.7. The highest BCUT2D eigenvalue weighted by molar-refractivity contribution is 5.80. The number of hydrogen-bond donors (Lipinski definition) is 1. The Morgan fingerprint density at radius 1 is 1.21 bits per heavy atom. The van der Waals surface area contributed by atoms with Crippen LogP contribution in [0.5, 0.6) is 0 Å². The number of nitrogens with zero attached hydrogens (tertiary/aromatic N) is 4. The first-order valence-corrected chi connectivity index (χ1v) is 9.02. The van der Waals surface area contributed by atoms with E-state index in [1.165, 1.54) is 12.1 Å². The van der Waals surface area contributed by atoms with Gasteiger partial charge in [0.2, 0.25) is 5.91 Å². The van der Waals surface area contributed by atoms with Crippen LogP contribution in [0.2, 0.25) is 0 Å². The van der Waals surface area contributed by atoms with Gasteiger partial charge in [-0.3, -0.25) is 4.79 Å². The third-order valence-corrected chi connectivity index (χ3v) is 4.79. The summed E-state index contributed by atoms with van der Waals surface area (Å²) in [5.74, 6) is -0.434. The molecule has 0 fully saturated rings. The minimum Gasteiger partial charge on any atom is -0.348 e. The molecular formula is C21H20FN5O. The van der Waals surface area contributed by atoms with Crippen molar-refractivity contribution in [3.63, 3.8) is 0 Å². The SMILES string of the molecule is Cc1c([C@@H](C)NC(=O)Cn2cnc3ccccc32)cnn1-c1cccc(F)c1. The lowest BCUT2D eigenvalue weighted by Gasteiger charge is -2.15. The van der Waals surface area contributed by atoms with Crippen LogP contribution in [0.4, 0.5) is 4.39 Å². The van der Waals surface area contributed by atoms with Crippen molar-refractivity contribution in [1.82, 2.24) is 24.6 Å². The lowest BCUT2D eigenvalue weighted by atomic mass is 10.1. The average Bonchev–Trinajstić information content (AvgIpc) is 3.25. The van der Waals surface area contributed by atoms with Crippen molar-refractivity contribution in [3.05, 3.63) is 78.1 Å². The standard InChI is InChI=1S/C21H20FN5O/c1-14(18-11-24-27(15(18)2)17-7-5-6-16(22)10-17)25-21(28)12-26-13-23-19-8-3-4-9-20(19)26/h3-11,13-14H,12H2,1-2H3,(H,25,28)/t14-/m1/s1. The summed E-state index contributed by atoms with van der Waals surface area (Å²) in [6.45, 7) is 3.99. The van der Waals surface area contributed by atoms with Gasteiger partial charge in [-0.1, -0.05) is 18.2 Å². The van der Waals surface area contributed by atoms with Gasteiger partial charge >= 0.3 is 0 Å². The Kier molecular flexibility index (Phi) is 4.65. The number of carbonyl (C=O) groups excluding carboxylic acids is 1. The first kappa shape index (κ1) is 17.9. The van der Waals surface area contributed by atoms with Crippen LogP contribution in [-0.4, -0.2) is 25.2 Å². The number of hydrogen-bond acceptors (Lipinski definition) is 3. The molecule has 4 rings (SSSR count). The van der Waals surface area contributed by atoms with Crippen molar-refractivity contribution in [3.8, 4) is 5.69 Å². The second-order valence-corrected chi connectivity index (χ2v) is 6.73. The Hall–Kier alpha value is -3.48. The third kappa shape index (κ3) is 3.38. The van der Waals surface area contributed by atoms with Crippen molar-refractivity contribution < 1.29 is 9.18 Å². The van der Waals surface area contributed by atoms with Crippen molar-refractivity contribution in [2.45, 2.75) is 26.4 Å². The van der Waals surface area contributed by atoms with E-state index in [0.29, 0.717) is 5.69 Å². The fraction of sp³-hybridized carbons (Fsp3) is 0.190. The molecule has 7 heteroatoms. The minimum atomic E-state index is -0.317. The van der Waals surface area contributed by atoms with Crippen LogP contribution in [0.3, 0.4) is 0 Å². The molecule has 0 spiro atoms. The molecule has 6 nitrogen and oxygen atoms in total. The van der Waals surface area contributed by atoms with Crippen LogP contribution in [0.15, 0.2) is 61.1 Å². The molecule has 0 aliphatic heterocycles. The Bertz CT molecular complexity index is 1150. The van der Waals surface area contributed by atoms with Crippen LogP contribution in [0.25, 0.3) is 16.7 Å². The molecule has 4 aromatic rings. The van der Waals surface area contributed by atoms with E-state index in [9.17, 15) is 9.18 Å². The number of amides is 1. The lowest BCUT2D eigenvalue weighted by Crippen LogP contribution is -2.30. The zero-order valence-corrected chi connectivity index (χ0v) is 15.6. The highest BCUT2D eigenvalue weighted by atomic mass is 19.1. The second kappa shape index (κ2) is 7.26. The van der Waals surface area contributed by atoms with Gasteiger partial charge in [-0.15, -0.1) is 0 Å². The Balaban J connectivity index is 1.49. The fourth-order valence-corrected chi connectivity index (χ4v) is 3.37. The normalized spacial score (nSPS) is 12.2. The number of para-hydroxylation sites is 2. The van der Waals surface area contributed by atoms with Crippen LogP contribution in [0.1, 0.15) is 24.2 Å². The zero-order chi connectivity index (χ0) is 19.7. The molecule has 1 N–H and O–H groups in total. The molecule has 2 aromatic heterocycles. The van der Waals surface area contributed by atoms with Gasteiger partial charge in [-0.2, -0.15) is 5.10 Å². The summed E-state index contributed by atoms with van der Waals surface area (Å²) in [6.07, 6.45) is 3.37. The largest absolute Gasteiger partial charge is 0.348 e. The van der Waals surface area contributed by atoms with Crippen molar-refractivity contribution in [2.24, 2.45) is 0 Å². The van der Waals surface area contributed by atoms with E-state index in [1.54, 1.807) is 29.3 Å². The zero-order valence-electron chi connectivity index (χ0n) is 15.6. The smallest absolute Gasteiger partial charge is 0.240 e. The minimum absolute atomic E-state index is 0.117. The highest BCUT2D eigenvalue weighted by Gasteiger charge is 2.17. The predicted molar refractivity (Wildman–Crippen MR) is 105 cm³/mol. The van der Waals surface area contributed by atoms with E-state index in [0.717, 1.165) is 22.3 Å². The first-order chi connectivity index (χ1) is 13.5. The molecule has 28 heavy (non-hydrogen) atoms. The predicted octanol–water partition coefficient (Wildman–Crippen LogP) is 3.55. The van der Waals surface area contributed by atoms with Gasteiger partial charge in [0.1, 0.15) is 12.4 Å². The van der Waals surface area contributed by atoms with E-state index in [-0.39, 0.29) is 24.3 Å². The lowest BCUT2D eigenvalue weighted by molar-refractivity contribution is -0.122. The molecule has 0 bridgehead atoms. The maximum atomic E-state index is 13.5. The summed E-state index contributed by atoms with van der Waals surface area (Å²) >= 11 is 0. The molecule has 0 radical (unpaired) electrons. The van der Waals surface area contributed by atoms with Crippen LogP contribution >= 0.6 is 0 Å². The third-order valence-electron chi connectivity index (χ3n) is 4.79. The fourth-order valence-electron chi connectivity index (χ4n) is 3.37. The quantitative estimate of drug-likeness (QED) is 0.578. The van der Waals surface area contributed by atoms with E-state index < -0.39 is 0 Å². The first-order valence-electron chi connectivity index (χ1n) is 9.02. The maximum Gasteiger partial charge on any atom is 0.240 e. The van der Waals surface area contributed by atoms with Crippen LogP contribution in [-0.2, 0) is 11.3 Å². The van der Waals surface area contributed by atoms with Gasteiger partial charge in [0, 0.05) is 11.3 Å². The number of nitrogens with one attached hydrogen (secondary N) is 1. The Labute approximate surface area is 161 Å². The number of imidazole rings is 1. The summed E-state index contributed by atoms with van der Waals surface area (Å²) in [4.78, 5) is 16.8. The monoisotopic (exact) mass is 377 g/mol. The highest BCUT2D eigenvalue weighted by Crippen LogP contribution is 2.21. The van der Waals surface area contributed by atoms with Crippen molar-refractivity contribution in [2.75, 3.05) is 0 Å². The number of carbonyl (C=O) groups is 1. The molecule has 1 amide bonds. The molecular weight excluding hydrogens is 357 g/mol. The molecule has 0 saturated heterocycles. The molecule has 0 saturated carbocycles. The number of rotatable bonds is 5. The van der Waals surface area contributed by atoms with E-state index >= 15 is 0 Å². The van der Waals surface area contributed by atoms with Gasteiger partial charge in [0.25, 0.3) is 0 Å². The van der Waals surface area contributed by atoms with Crippen LogP contribution in [0, 0.1) is 12.7 Å². The summed E-state index contributed by atoms with van der Waals surface area (Å²) < 4.78 is 17.0. The molecule has 0 aliphatic rings. The van der Waals surface area contributed by atoms with Gasteiger partial charge in [0.15, 0.2) is 0 Å². The number of fused-ring (bicyclic) bond motifs is 1. The van der Waals surface area contributed by atoms with Crippen LogP contribution < -0.4 is 5.32 Å². The van der Waals surface area contributed by atoms with Gasteiger partial charge in [-0.25, -0.2) is 14.1 Å². The molecule has 0 unspecified atom stereocenters. The molecule has 0 aliphatic carbocycles. The number of aromatic nitrogens is 4. The number of halogens is 1. The van der Waals surface area contributed by atoms with Crippen molar-refractivity contribution in [1.29, 1.82) is 0 Å². The number of benzene rings is 2. The molecule has 2 heterocycles. The van der Waals surface area contributed by atoms with Gasteiger partial charge < -0.3 is 9.88 Å². The topological polar surface area (TPSA) is 64.7 Å². The Morgan fingerprint density at radius 2 is 2.04 bits per heavy atom. The average molecular weight is 377 g/mol. The van der Waals surface area contributed by atoms with E-state index in [1.807, 2.05) is 42.7 Å². The second-order valence-electron chi connectivity index (χ2n) is 6.73. The summed E-state index contributed by atoms with van der Waals surface area (Å²) in [5.41, 5.74) is 4.16. The van der Waals surface area contributed by atoms with E-state index in [4.69, 9.17) is 0 Å².